The van der Waals surface area contributed by atoms with Crippen molar-refractivity contribution < 1.29 is 19.4 Å². The zero-order chi connectivity index (χ0) is 17.8. The maximum absolute atomic E-state index is 12.2. The monoisotopic (exact) mass is 346 g/mol. The highest BCUT2D eigenvalue weighted by molar-refractivity contribution is 5.78. The number of rotatable bonds is 6. The standard InChI is InChI=1S/C19H26N2O4/c22-16(23)18(9-6-10-18)13-20-17(24)21-14-19(11-4-5-12-25-19)15-7-2-1-3-8-15/h1-3,7-8H,4-6,9-14H2,(H,22,23)(H2,20,21,24). The molecule has 1 saturated heterocycles. The predicted molar refractivity (Wildman–Crippen MR) is 93.2 cm³/mol. The van der Waals surface area contributed by atoms with E-state index in [9.17, 15) is 14.7 Å². The van der Waals surface area contributed by atoms with Crippen LogP contribution in [0.25, 0.3) is 0 Å². The summed E-state index contributed by atoms with van der Waals surface area (Å²) in [5, 5.41) is 14.9. The van der Waals surface area contributed by atoms with Crippen LogP contribution < -0.4 is 10.6 Å². The van der Waals surface area contributed by atoms with E-state index in [4.69, 9.17) is 4.74 Å². The molecule has 3 rings (SSSR count). The second-order valence-corrected chi connectivity index (χ2v) is 7.14. The van der Waals surface area contributed by atoms with Gasteiger partial charge in [-0.1, -0.05) is 36.8 Å². The first kappa shape index (κ1) is 17.7. The van der Waals surface area contributed by atoms with Crippen LogP contribution in [0.2, 0.25) is 0 Å². The molecule has 1 atom stereocenters. The normalized spacial score (nSPS) is 24.8. The first-order chi connectivity index (χ1) is 12.1. The average molecular weight is 346 g/mol. The van der Waals surface area contributed by atoms with Crippen molar-refractivity contribution in [2.45, 2.75) is 44.1 Å². The lowest BCUT2D eigenvalue weighted by Gasteiger charge is -2.39. The van der Waals surface area contributed by atoms with E-state index in [1.165, 1.54) is 0 Å². The van der Waals surface area contributed by atoms with E-state index in [0.29, 0.717) is 26.0 Å². The summed E-state index contributed by atoms with van der Waals surface area (Å²) in [6.07, 6.45) is 5.10. The van der Waals surface area contributed by atoms with Crippen molar-refractivity contribution in [1.29, 1.82) is 0 Å². The summed E-state index contributed by atoms with van der Waals surface area (Å²) in [6.45, 7) is 1.23. The van der Waals surface area contributed by atoms with Crippen LogP contribution in [0, 0.1) is 5.41 Å². The molecule has 2 fully saturated rings. The number of ether oxygens (including phenoxy) is 1. The maximum atomic E-state index is 12.2. The van der Waals surface area contributed by atoms with Crippen LogP contribution in [0.5, 0.6) is 0 Å². The Kier molecular flexibility index (Phi) is 5.27. The minimum atomic E-state index is -0.824. The Bertz CT molecular complexity index is 607. The molecule has 1 unspecified atom stereocenters. The van der Waals surface area contributed by atoms with Crippen molar-refractivity contribution in [3.63, 3.8) is 0 Å². The van der Waals surface area contributed by atoms with Gasteiger partial charge in [0.2, 0.25) is 0 Å². The second kappa shape index (κ2) is 7.44. The highest BCUT2D eigenvalue weighted by Crippen LogP contribution is 2.40. The first-order valence-corrected chi connectivity index (χ1v) is 9.01. The van der Waals surface area contributed by atoms with Crippen molar-refractivity contribution in [2.75, 3.05) is 19.7 Å². The Morgan fingerprint density at radius 2 is 1.72 bits per heavy atom. The Morgan fingerprint density at radius 1 is 1.00 bits per heavy atom. The average Bonchev–Trinajstić information content (AvgIpc) is 2.60. The number of carbonyl (C=O) groups excluding carboxylic acids is 1. The SMILES string of the molecule is O=C(NCC1(C(=O)O)CCC1)NCC1(c2ccccc2)CCCCO1. The molecule has 1 saturated carbocycles. The predicted octanol–water partition coefficient (Wildman–Crippen LogP) is 2.64. The molecule has 0 bridgehead atoms. The lowest BCUT2D eigenvalue weighted by molar-refractivity contribution is -0.153. The number of carboxylic acid groups (broad SMARTS) is 1. The summed E-state index contributed by atoms with van der Waals surface area (Å²) in [5.74, 6) is -0.824. The van der Waals surface area contributed by atoms with Crippen LogP contribution in [0.1, 0.15) is 44.1 Å². The van der Waals surface area contributed by atoms with Crippen LogP contribution in [-0.4, -0.2) is 36.8 Å². The summed E-state index contributed by atoms with van der Waals surface area (Å²) in [6, 6.07) is 9.63. The van der Waals surface area contributed by atoms with Crippen LogP contribution in [0.15, 0.2) is 30.3 Å². The van der Waals surface area contributed by atoms with Crippen molar-refractivity contribution in [3.8, 4) is 0 Å². The zero-order valence-corrected chi connectivity index (χ0v) is 14.4. The molecule has 0 radical (unpaired) electrons. The van der Waals surface area contributed by atoms with E-state index in [1.807, 2.05) is 30.3 Å². The largest absolute Gasteiger partial charge is 0.481 e. The van der Waals surface area contributed by atoms with Gasteiger partial charge in [0.25, 0.3) is 0 Å². The highest BCUT2D eigenvalue weighted by atomic mass is 16.5. The molecular weight excluding hydrogens is 320 g/mol. The number of benzene rings is 1. The van der Waals surface area contributed by atoms with E-state index < -0.39 is 17.0 Å². The van der Waals surface area contributed by atoms with E-state index in [2.05, 4.69) is 10.6 Å². The molecule has 3 N–H and O–H groups in total. The number of nitrogens with one attached hydrogen (secondary N) is 2. The number of urea groups is 1. The van der Waals surface area contributed by atoms with E-state index in [0.717, 1.165) is 31.2 Å². The van der Waals surface area contributed by atoms with Crippen LogP contribution in [-0.2, 0) is 15.1 Å². The van der Waals surface area contributed by atoms with E-state index in [1.54, 1.807) is 0 Å². The lowest BCUT2D eigenvalue weighted by Crippen LogP contribution is -2.52. The van der Waals surface area contributed by atoms with Gasteiger partial charge in [0.05, 0.1) is 12.0 Å². The van der Waals surface area contributed by atoms with Crippen LogP contribution in [0.4, 0.5) is 4.79 Å². The fourth-order valence-electron chi connectivity index (χ4n) is 3.67. The van der Waals surface area contributed by atoms with E-state index in [-0.39, 0.29) is 12.6 Å². The van der Waals surface area contributed by atoms with Crippen molar-refractivity contribution in [2.24, 2.45) is 5.41 Å². The van der Waals surface area contributed by atoms with Gasteiger partial charge < -0.3 is 20.5 Å². The third-order valence-corrected chi connectivity index (χ3v) is 5.54. The van der Waals surface area contributed by atoms with E-state index >= 15 is 0 Å². The summed E-state index contributed by atoms with van der Waals surface area (Å²) < 4.78 is 6.08. The van der Waals surface area contributed by atoms with Gasteiger partial charge in [0.1, 0.15) is 5.60 Å². The summed E-state index contributed by atoms with van der Waals surface area (Å²) in [4.78, 5) is 23.6. The van der Waals surface area contributed by atoms with Gasteiger partial charge in [-0.3, -0.25) is 4.79 Å². The van der Waals surface area contributed by atoms with Crippen LogP contribution >= 0.6 is 0 Å². The molecule has 136 valence electrons. The van der Waals surface area contributed by atoms with Gasteiger partial charge in [-0.05, 0) is 37.7 Å². The number of carboxylic acids is 1. The first-order valence-electron chi connectivity index (χ1n) is 9.01. The fourth-order valence-corrected chi connectivity index (χ4v) is 3.67. The fraction of sp³-hybridized carbons (Fsp3) is 0.579. The molecule has 1 aromatic carbocycles. The Labute approximate surface area is 147 Å². The zero-order valence-electron chi connectivity index (χ0n) is 14.4. The number of hydrogen-bond donors (Lipinski definition) is 3. The summed E-state index contributed by atoms with van der Waals surface area (Å²) in [5.41, 5.74) is -0.218. The van der Waals surface area contributed by atoms with Crippen molar-refractivity contribution >= 4 is 12.0 Å². The topological polar surface area (TPSA) is 87.7 Å². The lowest BCUT2D eigenvalue weighted by atomic mass is 9.69. The molecule has 6 heteroatoms. The van der Waals surface area contributed by atoms with Gasteiger partial charge in [-0.2, -0.15) is 0 Å². The van der Waals surface area contributed by atoms with Gasteiger partial charge in [0, 0.05) is 13.2 Å². The quantitative estimate of drug-likeness (QED) is 0.739. The number of aliphatic carboxylic acids is 1. The highest BCUT2D eigenvalue weighted by Gasteiger charge is 2.44. The van der Waals surface area contributed by atoms with Gasteiger partial charge in [0.15, 0.2) is 0 Å². The molecule has 6 nitrogen and oxygen atoms in total. The summed E-state index contributed by atoms with van der Waals surface area (Å²) >= 11 is 0. The molecule has 2 amide bonds. The van der Waals surface area contributed by atoms with Gasteiger partial charge >= 0.3 is 12.0 Å². The minimum absolute atomic E-state index is 0.174. The molecule has 0 aromatic heterocycles. The minimum Gasteiger partial charge on any atom is -0.481 e. The molecule has 0 spiro atoms. The number of amides is 2. The second-order valence-electron chi connectivity index (χ2n) is 7.14. The third kappa shape index (κ3) is 3.79. The molecule has 1 aliphatic heterocycles. The molecule has 1 aromatic rings. The Hall–Kier alpha value is -2.08. The van der Waals surface area contributed by atoms with Crippen molar-refractivity contribution in [1.82, 2.24) is 10.6 Å². The Morgan fingerprint density at radius 3 is 2.28 bits per heavy atom. The molecule has 1 heterocycles. The number of hydrogen-bond acceptors (Lipinski definition) is 3. The number of carbonyl (C=O) groups is 2. The molecule has 1 aliphatic carbocycles. The maximum Gasteiger partial charge on any atom is 0.314 e. The molecular formula is C19H26N2O4. The third-order valence-electron chi connectivity index (χ3n) is 5.54. The summed E-state index contributed by atoms with van der Waals surface area (Å²) in [7, 11) is 0. The van der Waals surface area contributed by atoms with Crippen LogP contribution in [0.3, 0.4) is 0 Å². The molecule has 25 heavy (non-hydrogen) atoms. The smallest absolute Gasteiger partial charge is 0.314 e. The molecule has 2 aliphatic rings. The van der Waals surface area contributed by atoms with Gasteiger partial charge in [-0.25, -0.2) is 4.79 Å². The Balaban J connectivity index is 1.58. The van der Waals surface area contributed by atoms with Gasteiger partial charge in [-0.15, -0.1) is 0 Å². The van der Waals surface area contributed by atoms with Crippen molar-refractivity contribution in [3.05, 3.63) is 35.9 Å².